The van der Waals surface area contributed by atoms with E-state index in [2.05, 4.69) is 29.1 Å². The van der Waals surface area contributed by atoms with Crippen molar-refractivity contribution in [2.24, 2.45) is 5.92 Å². The highest BCUT2D eigenvalue weighted by molar-refractivity contribution is 6.00. The van der Waals surface area contributed by atoms with Crippen LogP contribution in [0.5, 0.6) is 0 Å². The van der Waals surface area contributed by atoms with E-state index in [1.54, 1.807) is 22.9 Å². The van der Waals surface area contributed by atoms with E-state index < -0.39 is 5.97 Å². The number of nitrogens with zero attached hydrogens (tertiary/aromatic N) is 4. The average Bonchev–Trinajstić information content (AvgIpc) is 2.80. The Morgan fingerprint density at radius 2 is 2.10 bits per heavy atom. The molecule has 0 radical (unpaired) electrons. The SMILES string of the molecule is CC(C)CC(CN(C)C)n1nnc2cccc(C(=O)O)c21. The maximum atomic E-state index is 11.5. The van der Waals surface area contributed by atoms with Crippen LogP contribution in [0.3, 0.4) is 0 Å². The number of carboxylic acid groups (broad SMARTS) is 1. The molecule has 114 valence electrons. The summed E-state index contributed by atoms with van der Waals surface area (Å²) < 4.78 is 1.78. The Bertz CT molecular complexity index is 624. The van der Waals surface area contributed by atoms with Gasteiger partial charge in [-0.25, -0.2) is 9.48 Å². The Morgan fingerprint density at radius 1 is 1.38 bits per heavy atom. The van der Waals surface area contributed by atoms with Crippen molar-refractivity contribution >= 4 is 17.0 Å². The predicted molar refractivity (Wildman–Crippen MR) is 81.5 cm³/mol. The van der Waals surface area contributed by atoms with Crippen molar-refractivity contribution in [1.29, 1.82) is 0 Å². The van der Waals surface area contributed by atoms with Gasteiger partial charge in [0.05, 0.1) is 11.6 Å². The summed E-state index contributed by atoms with van der Waals surface area (Å²) in [5, 5.41) is 17.7. The van der Waals surface area contributed by atoms with E-state index in [1.807, 2.05) is 14.1 Å². The van der Waals surface area contributed by atoms with Crippen LogP contribution < -0.4 is 0 Å². The van der Waals surface area contributed by atoms with Crippen LogP contribution in [0, 0.1) is 5.92 Å². The van der Waals surface area contributed by atoms with Crippen molar-refractivity contribution in [3.8, 4) is 0 Å². The second-order valence-electron chi connectivity index (χ2n) is 6.06. The van der Waals surface area contributed by atoms with Gasteiger partial charge in [0.2, 0.25) is 0 Å². The molecule has 1 atom stereocenters. The minimum atomic E-state index is -0.947. The van der Waals surface area contributed by atoms with Gasteiger partial charge in [-0.05, 0) is 38.6 Å². The molecule has 0 amide bonds. The van der Waals surface area contributed by atoms with Crippen LogP contribution in [0.2, 0.25) is 0 Å². The fourth-order valence-electron chi connectivity index (χ4n) is 2.64. The van der Waals surface area contributed by atoms with Crippen LogP contribution >= 0.6 is 0 Å². The number of carboxylic acids is 1. The van der Waals surface area contributed by atoms with Crippen LogP contribution in [0.1, 0.15) is 36.7 Å². The Morgan fingerprint density at radius 3 is 2.67 bits per heavy atom. The van der Waals surface area contributed by atoms with Crippen LogP contribution in [0.25, 0.3) is 11.0 Å². The highest BCUT2D eigenvalue weighted by Crippen LogP contribution is 2.24. The molecule has 1 aromatic heterocycles. The van der Waals surface area contributed by atoms with E-state index in [0.29, 0.717) is 17.0 Å². The third kappa shape index (κ3) is 3.39. The van der Waals surface area contributed by atoms with E-state index in [0.717, 1.165) is 13.0 Å². The Kier molecular flexibility index (Phi) is 4.57. The summed E-state index contributed by atoms with van der Waals surface area (Å²) >= 11 is 0. The van der Waals surface area contributed by atoms with Crippen molar-refractivity contribution in [3.05, 3.63) is 23.8 Å². The lowest BCUT2D eigenvalue weighted by molar-refractivity contribution is 0.0698. The Hall–Kier alpha value is -1.95. The molecule has 2 aromatic rings. The molecular weight excluding hydrogens is 268 g/mol. The third-order valence-electron chi connectivity index (χ3n) is 3.39. The normalized spacial score (nSPS) is 13.2. The standard InChI is InChI=1S/C15H22N4O2/c1-10(2)8-11(9-18(3)4)19-14-12(15(20)21)6-5-7-13(14)16-17-19/h5-7,10-11H,8-9H2,1-4H3,(H,20,21). The van der Waals surface area contributed by atoms with E-state index in [4.69, 9.17) is 0 Å². The van der Waals surface area contributed by atoms with Crippen LogP contribution in [0.15, 0.2) is 18.2 Å². The van der Waals surface area contributed by atoms with Crippen LogP contribution in [0.4, 0.5) is 0 Å². The number of fused-ring (bicyclic) bond motifs is 1. The number of hydrogen-bond acceptors (Lipinski definition) is 4. The van der Waals surface area contributed by atoms with Gasteiger partial charge in [-0.1, -0.05) is 25.1 Å². The molecule has 0 saturated heterocycles. The molecule has 1 aromatic carbocycles. The van der Waals surface area contributed by atoms with Crippen LogP contribution in [-0.4, -0.2) is 51.6 Å². The molecule has 1 N–H and O–H groups in total. The summed E-state index contributed by atoms with van der Waals surface area (Å²) in [6.45, 7) is 5.10. The van der Waals surface area contributed by atoms with E-state index in [1.165, 1.54) is 0 Å². The molecule has 1 unspecified atom stereocenters. The fourth-order valence-corrected chi connectivity index (χ4v) is 2.64. The third-order valence-corrected chi connectivity index (χ3v) is 3.39. The summed E-state index contributed by atoms with van der Waals surface area (Å²) in [4.78, 5) is 13.5. The molecule has 0 spiro atoms. The molecule has 0 aliphatic heterocycles. The predicted octanol–water partition coefficient (Wildman–Crippen LogP) is 2.28. The van der Waals surface area contributed by atoms with Gasteiger partial charge >= 0.3 is 5.97 Å². The maximum absolute atomic E-state index is 11.5. The van der Waals surface area contributed by atoms with Crippen molar-refractivity contribution in [2.45, 2.75) is 26.3 Å². The number of likely N-dealkylation sites (N-methyl/N-ethyl adjacent to an activating group) is 1. The zero-order valence-corrected chi connectivity index (χ0v) is 12.9. The average molecular weight is 290 g/mol. The van der Waals surface area contributed by atoms with Gasteiger partial charge in [-0.15, -0.1) is 5.10 Å². The molecule has 6 heteroatoms. The van der Waals surface area contributed by atoms with E-state index in [9.17, 15) is 9.90 Å². The lowest BCUT2D eigenvalue weighted by atomic mass is 10.0. The molecule has 2 rings (SSSR count). The Labute approximate surface area is 124 Å². The summed E-state index contributed by atoms with van der Waals surface area (Å²) in [6, 6.07) is 5.21. The maximum Gasteiger partial charge on any atom is 0.337 e. The van der Waals surface area contributed by atoms with Crippen molar-refractivity contribution < 1.29 is 9.90 Å². The molecule has 0 aliphatic carbocycles. The second kappa shape index (κ2) is 6.22. The number of benzene rings is 1. The lowest BCUT2D eigenvalue weighted by Crippen LogP contribution is -2.27. The molecular formula is C15H22N4O2. The molecule has 1 heterocycles. The topological polar surface area (TPSA) is 71.2 Å². The Balaban J connectivity index is 2.54. The highest BCUT2D eigenvalue weighted by Gasteiger charge is 2.21. The first-order valence-corrected chi connectivity index (χ1v) is 7.12. The van der Waals surface area contributed by atoms with Gasteiger partial charge in [-0.3, -0.25) is 0 Å². The molecule has 0 bridgehead atoms. The summed E-state index contributed by atoms with van der Waals surface area (Å²) in [7, 11) is 4.01. The van der Waals surface area contributed by atoms with E-state index in [-0.39, 0.29) is 11.6 Å². The minimum absolute atomic E-state index is 0.102. The largest absolute Gasteiger partial charge is 0.478 e. The first-order valence-electron chi connectivity index (χ1n) is 7.12. The van der Waals surface area contributed by atoms with Gasteiger partial charge in [0.25, 0.3) is 0 Å². The number of aromatic nitrogens is 3. The number of carbonyl (C=O) groups is 1. The van der Waals surface area contributed by atoms with Crippen molar-refractivity contribution in [1.82, 2.24) is 19.9 Å². The molecule has 21 heavy (non-hydrogen) atoms. The van der Waals surface area contributed by atoms with Gasteiger partial charge < -0.3 is 10.0 Å². The minimum Gasteiger partial charge on any atom is -0.478 e. The quantitative estimate of drug-likeness (QED) is 0.883. The number of para-hydroxylation sites is 1. The first kappa shape index (κ1) is 15.4. The molecule has 0 saturated carbocycles. The first-order chi connectivity index (χ1) is 9.90. The molecule has 0 fully saturated rings. The van der Waals surface area contributed by atoms with Gasteiger partial charge in [0.1, 0.15) is 11.0 Å². The van der Waals surface area contributed by atoms with Crippen molar-refractivity contribution in [2.75, 3.05) is 20.6 Å². The van der Waals surface area contributed by atoms with Crippen LogP contribution in [-0.2, 0) is 0 Å². The lowest BCUT2D eigenvalue weighted by Gasteiger charge is -2.23. The fraction of sp³-hybridized carbons (Fsp3) is 0.533. The van der Waals surface area contributed by atoms with Gasteiger partial charge in [-0.2, -0.15) is 0 Å². The summed E-state index contributed by atoms with van der Waals surface area (Å²) in [6.07, 6.45) is 0.921. The van der Waals surface area contributed by atoms with Gasteiger partial charge in [0, 0.05) is 6.54 Å². The molecule has 0 aliphatic rings. The van der Waals surface area contributed by atoms with Gasteiger partial charge in [0.15, 0.2) is 0 Å². The number of hydrogen-bond donors (Lipinski definition) is 1. The zero-order chi connectivity index (χ0) is 15.6. The number of rotatable bonds is 6. The zero-order valence-electron chi connectivity index (χ0n) is 12.9. The summed E-state index contributed by atoms with van der Waals surface area (Å²) in [5.74, 6) is -0.455. The highest BCUT2D eigenvalue weighted by atomic mass is 16.4. The summed E-state index contributed by atoms with van der Waals surface area (Å²) in [5.41, 5.74) is 1.49. The second-order valence-corrected chi connectivity index (χ2v) is 6.06. The smallest absolute Gasteiger partial charge is 0.337 e. The molecule has 6 nitrogen and oxygen atoms in total. The number of aromatic carboxylic acids is 1. The van der Waals surface area contributed by atoms with E-state index >= 15 is 0 Å². The van der Waals surface area contributed by atoms with Crippen molar-refractivity contribution in [3.63, 3.8) is 0 Å². The monoisotopic (exact) mass is 290 g/mol.